The maximum Gasteiger partial charge on any atom is 0.223 e. The molecule has 0 fully saturated rings. The van der Waals surface area contributed by atoms with Crippen molar-refractivity contribution in [1.29, 1.82) is 0 Å². The minimum atomic E-state index is -3.15. The first-order chi connectivity index (χ1) is 8.81. The molecule has 0 spiro atoms. The molecule has 0 aliphatic rings. The highest BCUT2D eigenvalue weighted by Gasteiger charge is 2.14. The molecule has 0 aliphatic heterocycles. The van der Waals surface area contributed by atoms with E-state index in [2.05, 4.69) is 0 Å². The van der Waals surface area contributed by atoms with Gasteiger partial charge in [0.15, 0.2) is 0 Å². The second kappa shape index (κ2) is 6.65. The third-order valence-corrected chi connectivity index (χ3v) is 3.63. The first kappa shape index (κ1) is 15.6. The zero-order chi connectivity index (χ0) is 14.5. The van der Waals surface area contributed by atoms with Crippen LogP contribution in [0.4, 0.5) is 4.39 Å². The molecule has 0 aliphatic carbocycles. The van der Waals surface area contributed by atoms with Gasteiger partial charge in [-0.25, -0.2) is 12.8 Å². The largest absolute Gasteiger partial charge is 0.339 e. The number of rotatable bonds is 6. The van der Waals surface area contributed by atoms with Crippen molar-refractivity contribution in [3.63, 3.8) is 0 Å². The maximum absolute atomic E-state index is 13.0. The van der Waals surface area contributed by atoms with Crippen molar-refractivity contribution in [2.45, 2.75) is 19.9 Å². The molecule has 0 aromatic heterocycles. The van der Waals surface area contributed by atoms with Crippen LogP contribution in [0.3, 0.4) is 0 Å². The summed E-state index contributed by atoms with van der Waals surface area (Å²) < 4.78 is 35.1. The van der Waals surface area contributed by atoms with Crippen molar-refractivity contribution in [3.8, 4) is 0 Å². The van der Waals surface area contributed by atoms with Crippen LogP contribution < -0.4 is 0 Å². The second-order valence-corrected chi connectivity index (χ2v) is 6.68. The van der Waals surface area contributed by atoms with Crippen molar-refractivity contribution in [2.24, 2.45) is 0 Å². The van der Waals surface area contributed by atoms with Crippen LogP contribution in [-0.2, 0) is 21.2 Å². The Morgan fingerprint density at radius 3 is 2.58 bits per heavy atom. The predicted octanol–water partition coefficient (Wildman–Crippen LogP) is 1.61. The van der Waals surface area contributed by atoms with Gasteiger partial charge in [0.25, 0.3) is 0 Å². The molecular weight excluding hydrogens is 269 g/mol. The van der Waals surface area contributed by atoms with E-state index in [1.165, 1.54) is 17.0 Å². The molecular formula is C13H18FNO3S. The highest BCUT2D eigenvalue weighted by atomic mass is 32.2. The Morgan fingerprint density at radius 1 is 1.37 bits per heavy atom. The lowest BCUT2D eigenvalue weighted by Crippen LogP contribution is -2.31. The van der Waals surface area contributed by atoms with E-state index in [1.807, 2.05) is 0 Å². The third kappa shape index (κ3) is 5.83. The fraction of sp³-hybridized carbons (Fsp3) is 0.462. The predicted molar refractivity (Wildman–Crippen MR) is 71.8 cm³/mol. The number of amides is 1. The lowest BCUT2D eigenvalue weighted by Gasteiger charge is -2.21. The number of hydrogen-bond acceptors (Lipinski definition) is 3. The van der Waals surface area contributed by atoms with Crippen LogP contribution in [0, 0.1) is 5.82 Å². The molecule has 106 valence electrons. The number of carbonyl (C=O) groups excluding carboxylic acids is 1. The van der Waals surface area contributed by atoms with Gasteiger partial charge >= 0.3 is 0 Å². The highest BCUT2D eigenvalue weighted by Crippen LogP contribution is 2.08. The number of benzene rings is 1. The van der Waals surface area contributed by atoms with E-state index in [0.717, 1.165) is 6.26 Å². The van der Waals surface area contributed by atoms with Crippen LogP contribution in [0.5, 0.6) is 0 Å². The van der Waals surface area contributed by atoms with Gasteiger partial charge in [-0.15, -0.1) is 0 Å². The average molecular weight is 287 g/mol. The first-order valence-corrected chi connectivity index (χ1v) is 8.08. The van der Waals surface area contributed by atoms with Gasteiger partial charge in [0.1, 0.15) is 15.7 Å². The molecule has 19 heavy (non-hydrogen) atoms. The van der Waals surface area contributed by atoms with Crippen molar-refractivity contribution in [2.75, 3.05) is 18.6 Å². The standard InChI is InChI=1S/C13H18FNO3S/c1-3-15(13(16)7-8-19(2,17)18)10-11-5-4-6-12(14)9-11/h4-6,9H,3,7-8,10H2,1-2H3. The quantitative estimate of drug-likeness (QED) is 0.798. The lowest BCUT2D eigenvalue weighted by molar-refractivity contribution is -0.131. The topological polar surface area (TPSA) is 54.5 Å². The van der Waals surface area contributed by atoms with E-state index >= 15 is 0 Å². The van der Waals surface area contributed by atoms with Gasteiger partial charge in [0.2, 0.25) is 5.91 Å². The van der Waals surface area contributed by atoms with E-state index in [-0.39, 0.29) is 30.4 Å². The van der Waals surface area contributed by atoms with Crippen LogP contribution in [0.25, 0.3) is 0 Å². The van der Waals surface area contributed by atoms with E-state index in [9.17, 15) is 17.6 Å². The van der Waals surface area contributed by atoms with Gasteiger partial charge in [-0.05, 0) is 24.6 Å². The highest BCUT2D eigenvalue weighted by molar-refractivity contribution is 7.90. The van der Waals surface area contributed by atoms with Crippen molar-refractivity contribution in [1.82, 2.24) is 4.90 Å². The summed E-state index contributed by atoms with van der Waals surface area (Å²) in [5.74, 6) is -0.750. The zero-order valence-electron chi connectivity index (χ0n) is 11.1. The Bertz CT molecular complexity index is 543. The summed E-state index contributed by atoms with van der Waals surface area (Å²) in [5.41, 5.74) is 0.689. The van der Waals surface area contributed by atoms with Gasteiger partial charge in [-0.3, -0.25) is 4.79 Å². The summed E-state index contributed by atoms with van der Waals surface area (Å²) in [6.45, 7) is 2.55. The first-order valence-electron chi connectivity index (χ1n) is 6.02. The van der Waals surface area contributed by atoms with Gasteiger partial charge in [-0.1, -0.05) is 12.1 Å². The molecule has 0 N–H and O–H groups in total. The van der Waals surface area contributed by atoms with Crippen LogP contribution in [0.1, 0.15) is 18.9 Å². The molecule has 0 bridgehead atoms. The van der Waals surface area contributed by atoms with Crippen molar-refractivity contribution >= 4 is 15.7 Å². The molecule has 1 amide bonds. The Kier molecular flexibility index (Phi) is 5.47. The number of halogens is 1. The van der Waals surface area contributed by atoms with E-state index < -0.39 is 9.84 Å². The van der Waals surface area contributed by atoms with Gasteiger partial charge in [0, 0.05) is 25.8 Å². The van der Waals surface area contributed by atoms with Crippen molar-refractivity contribution in [3.05, 3.63) is 35.6 Å². The molecule has 1 aromatic rings. The molecule has 1 rings (SSSR count). The number of sulfone groups is 1. The fourth-order valence-corrected chi connectivity index (χ4v) is 2.21. The molecule has 6 heteroatoms. The van der Waals surface area contributed by atoms with Crippen molar-refractivity contribution < 1.29 is 17.6 Å². The summed E-state index contributed by atoms with van der Waals surface area (Å²) in [6, 6.07) is 6.02. The zero-order valence-corrected chi connectivity index (χ0v) is 11.9. The lowest BCUT2D eigenvalue weighted by atomic mass is 10.2. The van der Waals surface area contributed by atoms with Crippen LogP contribution >= 0.6 is 0 Å². The molecule has 1 aromatic carbocycles. The molecule has 0 unspecified atom stereocenters. The second-order valence-electron chi connectivity index (χ2n) is 4.42. The number of carbonyl (C=O) groups is 1. The van der Waals surface area contributed by atoms with Crippen LogP contribution in [-0.4, -0.2) is 37.8 Å². The third-order valence-electron chi connectivity index (χ3n) is 2.68. The normalized spacial score (nSPS) is 11.3. The number of nitrogens with zero attached hydrogens (tertiary/aromatic N) is 1. The average Bonchev–Trinajstić information content (AvgIpc) is 2.32. The SMILES string of the molecule is CCN(Cc1cccc(F)c1)C(=O)CCS(C)(=O)=O. The van der Waals surface area contributed by atoms with E-state index in [4.69, 9.17) is 0 Å². The van der Waals surface area contributed by atoms with E-state index in [1.54, 1.807) is 19.1 Å². The Balaban J connectivity index is 2.65. The molecule has 0 heterocycles. The maximum atomic E-state index is 13.0. The minimum Gasteiger partial charge on any atom is -0.339 e. The van der Waals surface area contributed by atoms with Gasteiger partial charge in [-0.2, -0.15) is 0 Å². The molecule has 4 nitrogen and oxygen atoms in total. The van der Waals surface area contributed by atoms with Crippen LogP contribution in [0.15, 0.2) is 24.3 Å². The summed E-state index contributed by atoms with van der Waals surface area (Å²) in [5, 5.41) is 0. The van der Waals surface area contributed by atoms with Gasteiger partial charge < -0.3 is 4.90 Å². The Hall–Kier alpha value is -1.43. The fourth-order valence-electron chi connectivity index (χ4n) is 1.66. The smallest absolute Gasteiger partial charge is 0.223 e. The van der Waals surface area contributed by atoms with Crippen LogP contribution in [0.2, 0.25) is 0 Å². The Labute approximate surface area is 113 Å². The summed E-state index contributed by atoms with van der Waals surface area (Å²) in [6.07, 6.45) is 1.06. The Morgan fingerprint density at radius 2 is 2.05 bits per heavy atom. The number of hydrogen-bond donors (Lipinski definition) is 0. The minimum absolute atomic E-state index is 0.0397. The summed E-state index contributed by atoms with van der Waals surface area (Å²) in [7, 11) is -3.15. The molecule has 0 saturated carbocycles. The molecule has 0 radical (unpaired) electrons. The molecule has 0 saturated heterocycles. The summed E-state index contributed by atoms with van der Waals surface area (Å²) in [4.78, 5) is 13.4. The van der Waals surface area contributed by atoms with E-state index in [0.29, 0.717) is 12.1 Å². The molecule has 0 atom stereocenters. The monoisotopic (exact) mass is 287 g/mol. The summed E-state index contributed by atoms with van der Waals surface area (Å²) >= 11 is 0. The van der Waals surface area contributed by atoms with Gasteiger partial charge in [0.05, 0.1) is 5.75 Å².